The summed E-state index contributed by atoms with van der Waals surface area (Å²) in [7, 11) is 1.41. The molecule has 0 atom stereocenters. The molecular formula is C14H10ClN3O3. The summed E-state index contributed by atoms with van der Waals surface area (Å²) in [6.07, 6.45) is 0. The highest BCUT2D eigenvalue weighted by Gasteiger charge is 2.11. The van der Waals surface area contributed by atoms with E-state index in [0.717, 1.165) is 10.8 Å². The number of rotatable bonds is 3. The van der Waals surface area contributed by atoms with E-state index in [2.05, 4.69) is 15.0 Å². The lowest BCUT2D eigenvalue weighted by atomic mass is 10.1. The van der Waals surface area contributed by atoms with Gasteiger partial charge >= 0.3 is 12.0 Å². The van der Waals surface area contributed by atoms with Crippen LogP contribution >= 0.6 is 11.6 Å². The number of hydrogen-bond donors (Lipinski definition) is 1. The van der Waals surface area contributed by atoms with E-state index in [1.54, 1.807) is 12.1 Å². The molecule has 2 aromatic carbocycles. The highest BCUT2D eigenvalue weighted by atomic mass is 35.5. The maximum atomic E-state index is 10.0. The Morgan fingerprint density at radius 2 is 1.67 bits per heavy atom. The van der Waals surface area contributed by atoms with Crippen LogP contribution in [0.25, 0.3) is 10.8 Å². The average molecular weight is 304 g/mol. The van der Waals surface area contributed by atoms with Gasteiger partial charge in [0.15, 0.2) is 11.5 Å². The molecule has 0 saturated carbocycles. The van der Waals surface area contributed by atoms with Gasteiger partial charge in [-0.15, -0.1) is 4.98 Å². The van der Waals surface area contributed by atoms with Crippen LogP contribution in [0.5, 0.6) is 23.5 Å². The van der Waals surface area contributed by atoms with Gasteiger partial charge in [-0.05, 0) is 34.5 Å². The van der Waals surface area contributed by atoms with Gasteiger partial charge in [-0.1, -0.05) is 24.3 Å². The van der Waals surface area contributed by atoms with E-state index in [-0.39, 0.29) is 28.8 Å². The van der Waals surface area contributed by atoms with Gasteiger partial charge < -0.3 is 14.6 Å². The van der Waals surface area contributed by atoms with Crippen molar-refractivity contribution in [2.45, 2.75) is 0 Å². The monoisotopic (exact) mass is 303 g/mol. The van der Waals surface area contributed by atoms with Gasteiger partial charge in [0, 0.05) is 0 Å². The van der Waals surface area contributed by atoms with Crippen LogP contribution in [-0.4, -0.2) is 27.2 Å². The first-order chi connectivity index (χ1) is 10.2. The molecule has 0 saturated heterocycles. The third-order valence-electron chi connectivity index (χ3n) is 2.78. The molecule has 0 fully saturated rings. The van der Waals surface area contributed by atoms with E-state index in [9.17, 15) is 5.11 Å². The van der Waals surface area contributed by atoms with E-state index in [4.69, 9.17) is 21.1 Å². The minimum absolute atomic E-state index is 0.0239. The Morgan fingerprint density at radius 3 is 2.38 bits per heavy atom. The Labute approximate surface area is 125 Å². The average Bonchev–Trinajstić information content (AvgIpc) is 2.47. The molecule has 0 radical (unpaired) electrons. The summed E-state index contributed by atoms with van der Waals surface area (Å²) in [5.41, 5.74) is 0. The zero-order chi connectivity index (χ0) is 14.8. The molecule has 21 heavy (non-hydrogen) atoms. The van der Waals surface area contributed by atoms with Gasteiger partial charge in [-0.3, -0.25) is 0 Å². The van der Waals surface area contributed by atoms with Crippen LogP contribution in [0.4, 0.5) is 0 Å². The maximum absolute atomic E-state index is 10.0. The summed E-state index contributed by atoms with van der Waals surface area (Å²) < 4.78 is 10.3. The molecule has 3 aromatic rings. The molecule has 0 aliphatic heterocycles. The van der Waals surface area contributed by atoms with Crippen molar-refractivity contribution in [2.75, 3.05) is 7.11 Å². The Kier molecular flexibility index (Phi) is 3.45. The van der Waals surface area contributed by atoms with Crippen LogP contribution in [0.1, 0.15) is 0 Å². The molecule has 6 nitrogen and oxygen atoms in total. The fraction of sp³-hybridized carbons (Fsp3) is 0.0714. The summed E-state index contributed by atoms with van der Waals surface area (Å²) in [4.78, 5) is 11.5. The van der Waals surface area contributed by atoms with Crippen LogP contribution < -0.4 is 9.47 Å². The number of aromatic nitrogens is 3. The first kappa shape index (κ1) is 13.4. The first-order valence-electron chi connectivity index (χ1n) is 6.01. The third-order valence-corrected chi connectivity index (χ3v) is 2.95. The molecule has 0 aliphatic rings. The Hall–Kier alpha value is -2.60. The van der Waals surface area contributed by atoms with Crippen molar-refractivity contribution in [3.63, 3.8) is 0 Å². The molecule has 7 heteroatoms. The second-order valence-corrected chi connectivity index (χ2v) is 4.48. The van der Waals surface area contributed by atoms with E-state index in [1.807, 2.05) is 24.3 Å². The van der Waals surface area contributed by atoms with Crippen LogP contribution in [0.3, 0.4) is 0 Å². The normalized spacial score (nSPS) is 10.6. The third kappa shape index (κ3) is 2.80. The standard InChI is InChI=1S/C14H10ClN3O3/c1-20-13-16-12(15)17-14(18-13)21-11-7-9-5-3-2-4-8(9)6-10(11)19/h2-7,19H,1H3. The first-order valence-corrected chi connectivity index (χ1v) is 6.38. The highest BCUT2D eigenvalue weighted by molar-refractivity contribution is 6.28. The molecule has 1 heterocycles. The number of ether oxygens (including phenoxy) is 2. The maximum Gasteiger partial charge on any atom is 0.329 e. The molecule has 0 spiro atoms. The largest absolute Gasteiger partial charge is 0.504 e. The summed E-state index contributed by atoms with van der Waals surface area (Å²) in [6.45, 7) is 0. The van der Waals surface area contributed by atoms with Gasteiger partial charge in [0.2, 0.25) is 5.28 Å². The molecule has 0 amide bonds. The lowest BCUT2D eigenvalue weighted by Crippen LogP contribution is -1.98. The highest BCUT2D eigenvalue weighted by Crippen LogP contribution is 2.34. The zero-order valence-electron chi connectivity index (χ0n) is 10.9. The van der Waals surface area contributed by atoms with E-state index < -0.39 is 0 Å². The fourth-order valence-electron chi connectivity index (χ4n) is 1.84. The summed E-state index contributed by atoms with van der Waals surface area (Å²) in [5, 5.41) is 11.8. The minimum atomic E-state index is -0.0582. The van der Waals surface area contributed by atoms with Crippen molar-refractivity contribution in [2.24, 2.45) is 0 Å². The van der Waals surface area contributed by atoms with E-state index in [1.165, 1.54) is 7.11 Å². The van der Waals surface area contributed by atoms with Gasteiger partial charge in [-0.25, -0.2) is 0 Å². The number of aromatic hydroxyl groups is 1. The van der Waals surface area contributed by atoms with Crippen LogP contribution in [0.2, 0.25) is 5.28 Å². The van der Waals surface area contributed by atoms with Gasteiger partial charge in [0.25, 0.3) is 0 Å². The summed E-state index contributed by atoms with van der Waals surface area (Å²) in [6, 6.07) is 10.8. The summed E-state index contributed by atoms with van der Waals surface area (Å²) in [5.74, 6) is 0.197. The van der Waals surface area contributed by atoms with Gasteiger partial charge in [-0.2, -0.15) is 9.97 Å². The number of phenols is 1. The molecule has 0 bridgehead atoms. The molecule has 0 unspecified atom stereocenters. The second-order valence-electron chi connectivity index (χ2n) is 4.14. The number of phenolic OH excluding ortho intramolecular Hbond substituents is 1. The smallest absolute Gasteiger partial charge is 0.329 e. The van der Waals surface area contributed by atoms with Crippen LogP contribution in [0, 0.1) is 0 Å². The molecule has 1 N–H and O–H groups in total. The quantitative estimate of drug-likeness (QED) is 0.800. The van der Waals surface area contributed by atoms with Gasteiger partial charge in [0.1, 0.15) is 0 Å². The van der Waals surface area contributed by atoms with Crippen LogP contribution in [0.15, 0.2) is 36.4 Å². The number of benzene rings is 2. The van der Waals surface area contributed by atoms with Crippen molar-refractivity contribution < 1.29 is 14.6 Å². The zero-order valence-corrected chi connectivity index (χ0v) is 11.7. The number of halogens is 1. The molecular weight excluding hydrogens is 294 g/mol. The SMILES string of the molecule is COc1nc(Cl)nc(Oc2cc3ccccc3cc2O)n1. The minimum Gasteiger partial charge on any atom is -0.504 e. The Balaban J connectivity index is 2.01. The molecule has 0 aliphatic carbocycles. The Morgan fingerprint density at radius 1 is 1.00 bits per heavy atom. The predicted molar refractivity (Wildman–Crippen MR) is 77.1 cm³/mol. The number of nitrogens with zero attached hydrogens (tertiary/aromatic N) is 3. The van der Waals surface area contributed by atoms with Crippen LogP contribution in [-0.2, 0) is 0 Å². The van der Waals surface area contributed by atoms with E-state index in [0.29, 0.717) is 0 Å². The fourth-order valence-corrected chi connectivity index (χ4v) is 1.98. The number of hydrogen-bond acceptors (Lipinski definition) is 6. The molecule has 106 valence electrons. The number of methoxy groups -OCH3 is 1. The summed E-state index contributed by atoms with van der Waals surface area (Å²) >= 11 is 5.75. The van der Waals surface area contributed by atoms with Crippen molar-refractivity contribution in [1.82, 2.24) is 15.0 Å². The lowest BCUT2D eigenvalue weighted by Gasteiger charge is -2.08. The second kappa shape index (κ2) is 5.41. The van der Waals surface area contributed by atoms with Crippen molar-refractivity contribution in [1.29, 1.82) is 0 Å². The molecule has 1 aromatic heterocycles. The van der Waals surface area contributed by atoms with Crippen molar-refractivity contribution in [3.8, 4) is 23.5 Å². The Bertz CT molecular complexity index is 811. The molecule has 3 rings (SSSR count). The number of fused-ring (bicyclic) bond motifs is 1. The van der Waals surface area contributed by atoms with Crippen molar-refractivity contribution in [3.05, 3.63) is 41.7 Å². The topological polar surface area (TPSA) is 77.4 Å². The lowest BCUT2D eigenvalue weighted by molar-refractivity contribution is 0.351. The van der Waals surface area contributed by atoms with Gasteiger partial charge in [0.05, 0.1) is 7.11 Å². The van der Waals surface area contributed by atoms with Crippen molar-refractivity contribution >= 4 is 22.4 Å². The van der Waals surface area contributed by atoms with E-state index >= 15 is 0 Å². The predicted octanol–water partition coefficient (Wildman–Crippen LogP) is 3.18.